The third-order valence-electron chi connectivity index (χ3n) is 3.63. The van der Waals surface area contributed by atoms with E-state index in [1.54, 1.807) is 4.72 Å². The van der Waals surface area contributed by atoms with E-state index >= 15 is 0 Å². The lowest BCUT2D eigenvalue weighted by Crippen LogP contribution is -2.48. The number of urea groups is 1. The van der Waals surface area contributed by atoms with Crippen LogP contribution in [0.5, 0.6) is 0 Å². The monoisotopic (exact) mass is 399 g/mol. The summed E-state index contributed by atoms with van der Waals surface area (Å²) in [4.78, 5) is 24.4. The fraction of sp³-hybridized carbons (Fsp3) is 0.700. The van der Waals surface area contributed by atoms with Gasteiger partial charge in [0, 0.05) is 13.0 Å². The minimum absolute atomic E-state index is 0.0105. The highest BCUT2D eigenvalue weighted by atomic mass is 32.3. The Kier molecular flexibility index (Phi) is 5.22. The number of fused-ring (bicyclic) bond motifs is 2. The molecular weight excluding hydrogens is 382 g/mol. The minimum atomic E-state index is -4.89. The van der Waals surface area contributed by atoms with E-state index in [1.165, 1.54) is 6.92 Å². The fourth-order valence-electron chi connectivity index (χ4n) is 2.58. The number of nitrogens with zero attached hydrogens (tertiary/aromatic N) is 3. The van der Waals surface area contributed by atoms with Gasteiger partial charge >= 0.3 is 26.6 Å². The average molecular weight is 399 g/mol. The largest absolute Gasteiger partial charge is 0.418 e. The molecule has 2 aliphatic heterocycles. The highest BCUT2D eigenvalue weighted by Gasteiger charge is 2.48. The van der Waals surface area contributed by atoms with Gasteiger partial charge in [-0.3, -0.25) is 9.35 Å². The van der Waals surface area contributed by atoms with Crippen molar-refractivity contribution in [3.8, 4) is 0 Å². The average Bonchev–Trinajstić information content (AvgIpc) is 2.69. The highest BCUT2D eigenvalue weighted by Crippen LogP contribution is 2.30. The molecule has 15 heteroatoms. The lowest BCUT2D eigenvalue weighted by molar-refractivity contribution is -0.119. The first kappa shape index (κ1) is 19.4. The number of carbonyl (C=O) groups excluding carboxylic acids is 2. The molecule has 13 nitrogen and oxygen atoms in total. The molecule has 2 bridgehead atoms. The highest BCUT2D eigenvalue weighted by molar-refractivity contribution is 7.88. The quantitative estimate of drug-likeness (QED) is 0.261. The van der Waals surface area contributed by atoms with Gasteiger partial charge < -0.3 is 10.6 Å². The first-order valence-corrected chi connectivity index (χ1v) is 9.91. The number of carbonyl (C=O) groups is 2. The summed E-state index contributed by atoms with van der Waals surface area (Å²) < 4.78 is 63.0. The second-order valence-corrected chi connectivity index (χ2v) is 7.72. The summed E-state index contributed by atoms with van der Waals surface area (Å²) in [6.07, 6.45) is 0.348. The Morgan fingerprint density at radius 1 is 1.40 bits per heavy atom. The summed E-state index contributed by atoms with van der Waals surface area (Å²) in [5, 5.41) is 0.496. The Hall–Kier alpha value is -1.97. The molecule has 142 valence electrons. The van der Waals surface area contributed by atoms with Gasteiger partial charge in [0.05, 0.1) is 12.1 Å². The number of hydrogen-bond acceptors (Lipinski definition) is 7. The SMILES string of the molecule is CCC(=O)NS(=O)(=O)N=C(N)[C@@H]1CC[C@@H]2CN1C(=O)N2OS(=O)(=O)O. The summed E-state index contributed by atoms with van der Waals surface area (Å²) in [6, 6.07) is -2.47. The Morgan fingerprint density at radius 2 is 2.04 bits per heavy atom. The molecule has 2 rings (SSSR count). The van der Waals surface area contributed by atoms with Crippen LogP contribution in [0.1, 0.15) is 26.2 Å². The summed E-state index contributed by atoms with van der Waals surface area (Å²) in [6.45, 7) is 1.46. The summed E-state index contributed by atoms with van der Waals surface area (Å²) in [7, 11) is -9.26. The van der Waals surface area contributed by atoms with Gasteiger partial charge in [-0.2, -0.15) is 21.9 Å². The standard InChI is InChI=1S/C10H17N5O8S2/c1-2-8(16)12-24(18,19)13-9(11)7-4-3-6-5-14(7)10(17)15(6)23-25(20,21)22/h6-7H,2-5H2,1H3,(H2,11,13)(H,12,16)(H,20,21,22)/t6-,7+/m1/s1. The van der Waals surface area contributed by atoms with Crippen molar-refractivity contribution in [1.29, 1.82) is 0 Å². The smallest absolute Gasteiger partial charge is 0.385 e. The predicted octanol–water partition coefficient (Wildman–Crippen LogP) is -1.88. The van der Waals surface area contributed by atoms with Crippen LogP contribution in [-0.2, 0) is 29.7 Å². The topological polar surface area (TPSA) is 189 Å². The molecule has 2 atom stereocenters. The van der Waals surface area contributed by atoms with E-state index in [1.807, 2.05) is 0 Å². The number of hydrogen-bond donors (Lipinski definition) is 3. The van der Waals surface area contributed by atoms with Gasteiger partial charge in [0.2, 0.25) is 5.91 Å². The minimum Gasteiger partial charge on any atom is -0.385 e. The molecule has 0 spiro atoms. The summed E-state index contributed by atoms with van der Waals surface area (Å²) >= 11 is 0. The van der Waals surface area contributed by atoms with Crippen LogP contribution in [0, 0.1) is 0 Å². The third kappa shape index (κ3) is 4.56. The third-order valence-corrected chi connectivity index (χ3v) is 4.91. The molecule has 25 heavy (non-hydrogen) atoms. The summed E-state index contributed by atoms with van der Waals surface area (Å²) in [5.74, 6) is -1.21. The van der Waals surface area contributed by atoms with Crippen molar-refractivity contribution in [2.24, 2.45) is 10.1 Å². The molecule has 0 saturated carbocycles. The zero-order valence-electron chi connectivity index (χ0n) is 13.0. The van der Waals surface area contributed by atoms with E-state index in [0.717, 1.165) is 4.90 Å². The first-order valence-electron chi connectivity index (χ1n) is 7.11. The molecule has 0 aliphatic carbocycles. The van der Waals surface area contributed by atoms with Crippen LogP contribution in [0.2, 0.25) is 0 Å². The number of amides is 3. The number of rotatable bonds is 6. The normalized spacial score (nSPS) is 24.6. The van der Waals surface area contributed by atoms with Crippen LogP contribution in [-0.4, -0.2) is 67.8 Å². The molecule has 0 radical (unpaired) electrons. The lowest BCUT2D eigenvalue weighted by Gasteiger charge is -2.29. The van der Waals surface area contributed by atoms with Gasteiger partial charge in [-0.05, 0) is 12.8 Å². The van der Waals surface area contributed by atoms with Crippen molar-refractivity contribution in [1.82, 2.24) is 14.7 Å². The molecule has 2 fully saturated rings. The zero-order chi connectivity index (χ0) is 19.0. The molecule has 4 N–H and O–H groups in total. The van der Waals surface area contributed by atoms with E-state index in [0.29, 0.717) is 5.06 Å². The Morgan fingerprint density at radius 3 is 2.60 bits per heavy atom. The van der Waals surface area contributed by atoms with Gasteiger partial charge in [0.1, 0.15) is 5.84 Å². The maximum atomic E-state index is 12.2. The van der Waals surface area contributed by atoms with Crippen molar-refractivity contribution in [3.63, 3.8) is 0 Å². The molecule has 0 unspecified atom stereocenters. The molecule has 3 amide bonds. The van der Waals surface area contributed by atoms with Crippen LogP contribution in [0.25, 0.3) is 0 Å². The fourth-order valence-corrected chi connectivity index (χ4v) is 3.84. The van der Waals surface area contributed by atoms with Gasteiger partial charge in [-0.25, -0.2) is 9.52 Å². The van der Waals surface area contributed by atoms with Gasteiger partial charge in [0.15, 0.2) is 0 Å². The molecular formula is C10H17N5O8S2. The van der Waals surface area contributed by atoms with Crippen LogP contribution in [0.3, 0.4) is 0 Å². The molecule has 2 aliphatic rings. The maximum absolute atomic E-state index is 12.2. The van der Waals surface area contributed by atoms with Gasteiger partial charge in [0.25, 0.3) is 0 Å². The number of amidine groups is 1. The van der Waals surface area contributed by atoms with Crippen molar-refractivity contribution in [3.05, 3.63) is 0 Å². The van der Waals surface area contributed by atoms with Gasteiger partial charge in [-0.1, -0.05) is 6.92 Å². The van der Waals surface area contributed by atoms with Crippen LogP contribution in [0.4, 0.5) is 4.79 Å². The Bertz CT molecular complexity index is 807. The number of hydroxylamine groups is 2. The molecule has 0 aromatic rings. The number of nitrogens with one attached hydrogen (secondary N) is 1. The lowest BCUT2D eigenvalue weighted by atomic mass is 10.0. The Balaban J connectivity index is 2.18. The van der Waals surface area contributed by atoms with Crippen molar-refractivity contribution in [2.45, 2.75) is 38.3 Å². The first-order chi connectivity index (χ1) is 11.4. The van der Waals surface area contributed by atoms with Crippen molar-refractivity contribution in [2.75, 3.05) is 6.54 Å². The van der Waals surface area contributed by atoms with E-state index in [4.69, 9.17) is 10.3 Å². The van der Waals surface area contributed by atoms with Gasteiger partial charge in [-0.15, -0.1) is 8.68 Å². The molecule has 0 aromatic carbocycles. The van der Waals surface area contributed by atoms with Crippen molar-refractivity contribution < 1.29 is 35.3 Å². The molecule has 2 saturated heterocycles. The molecule has 2 heterocycles. The predicted molar refractivity (Wildman–Crippen MR) is 82.4 cm³/mol. The van der Waals surface area contributed by atoms with Crippen LogP contribution in [0.15, 0.2) is 4.40 Å². The molecule has 0 aromatic heterocycles. The van der Waals surface area contributed by atoms with E-state index < -0.39 is 50.5 Å². The second kappa shape index (κ2) is 6.74. The second-order valence-electron chi connectivity index (χ2n) is 5.38. The van der Waals surface area contributed by atoms with E-state index in [2.05, 4.69) is 8.68 Å². The number of nitrogens with two attached hydrogens (primary N) is 1. The van der Waals surface area contributed by atoms with Crippen LogP contribution < -0.4 is 10.5 Å². The van der Waals surface area contributed by atoms with Crippen LogP contribution >= 0.6 is 0 Å². The van der Waals surface area contributed by atoms with Crippen molar-refractivity contribution >= 4 is 38.4 Å². The Labute approximate surface area is 143 Å². The zero-order valence-corrected chi connectivity index (χ0v) is 14.7. The maximum Gasteiger partial charge on any atom is 0.418 e. The van der Waals surface area contributed by atoms with E-state index in [-0.39, 0.29) is 25.8 Å². The number of piperidine rings is 1. The van der Waals surface area contributed by atoms with E-state index in [9.17, 15) is 26.4 Å². The summed E-state index contributed by atoms with van der Waals surface area (Å²) in [5.41, 5.74) is 5.67.